The molecular formula is C14H18Cl2N6. The summed E-state index contributed by atoms with van der Waals surface area (Å²) in [5, 5.41) is 4.11. The van der Waals surface area contributed by atoms with Gasteiger partial charge in [-0.2, -0.15) is 0 Å². The monoisotopic (exact) mass is 340 g/mol. The summed E-state index contributed by atoms with van der Waals surface area (Å²) in [6.07, 6.45) is 1.41. The van der Waals surface area contributed by atoms with Crippen LogP contribution >= 0.6 is 23.2 Å². The highest BCUT2D eigenvalue weighted by atomic mass is 35.5. The highest BCUT2D eigenvalue weighted by molar-refractivity contribution is 6.36. The van der Waals surface area contributed by atoms with Crippen molar-refractivity contribution in [3.05, 3.63) is 34.6 Å². The molecule has 8 heteroatoms. The van der Waals surface area contributed by atoms with Crippen molar-refractivity contribution in [1.29, 1.82) is 0 Å². The van der Waals surface area contributed by atoms with E-state index in [1.54, 1.807) is 18.2 Å². The minimum atomic E-state index is -0.134. The fourth-order valence-electron chi connectivity index (χ4n) is 1.56. The first-order valence-electron chi connectivity index (χ1n) is 6.62. The molecule has 0 fully saturated rings. The number of nitrogens with zero attached hydrogens (tertiary/aromatic N) is 2. The van der Waals surface area contributed by atoms with Gasteiger partial charge >= 0.3 is 0 Å². The van der Waals surface area contributed by atoms with E-state index >= 15 is 0 Å². The van der Waals surface area contributed by atoms with Crippen LogP contribution in [0.4, 0.5) is 23.0 Å². The Morgan fingerprint density at radius 3 is 2.41 bits per heavy atom. The number of nitrogens with one attached hydrogen (secondary N) is 3. The third-order valence-electron chi connectivity index (χ3n) is 2.62. The van der Waals surface area contributed by atoms with Crippen molar-refractivity contribution in [2.24, 2.45) is 0 Å². The number of halogens is 2. The second kappa shape index (κ2) is 6.56. The summed E-state index contributed by atoms with van der Waals surface area (Å²) >= 11 is 12.0. The molecule has 0 radical (unpaired) electrons. The van der Waals surface area contributed by atoms with Crippen LogP contribution in [0, 0.1) is 0 Å². The van der Waals surface area contributed by atoms with Crippen molar-refractivity contribution in [2.45, 2.75) is 26.3 Å². The van der Waals surface area contributed by atoms with Gasteiger partial charge in [0.15, 0.2) is 11.6 Å². The molecule has 1 aromatic heterocycles. The van der Waals surface area contributed by atoms with Crippen molar-refractivity contribution in [2.75, 3.05) is 16.5 Å². The van der Waals surface area contributed by atoms with E-state index in [1.165, 1.54) is 6.33 Å². The minimum absolute atomic E-state index is 0.134. The molecule has 2 rings (SSSR count). The second-order valence-corrected chi connectivity index (χ2v) is 6.58. The van der Waals surface area contributed by atoms with Gasteiger partial charge in [-0.05, 0) is 39.0 Å². The highest BCUT2D eigenvalue weighted by Crippen LogP contribution is 2.31. The number of hydrogen-bond donors (Lipinski definition) is 4. The lowest BCUT2D eigenvalue weighted by molar-refractivity contribution is 0.464. The third-order valence-corrected chi connectivity index (χ3v) is 3.17. The molecule has 6 nitrogen and oxygen atoms in total. The smallest absolute Gasteiger partial charge is 0.169 e. The van der Waals surface area contributed by atoms with E-state index in [1.807, 2.05) is 20.8 Å². The summed E-state index contributed by atoms with van der Waals surface area (Å²) in [5.41, 5.74) is 13.1. The number of nitrogen functional groups attached to an aromatic ring is 1. The summed E-state index contributed by atoms with van der Waals surface area (Å²) in [5.74, 6) is 0.940. The zero-order chi connectivity index (χ0) is 16.3. The number of benzene rings is 1. The molecule has 2 aromatic rings. The first-order chi connectivity index (χ1) is 10.3. The van der Waals surface area contributed by atoms with Gasteiger partial charge in [-0.3, -0.25) is 0 Å². The van der Waals surface area contributed by atoms with Crippen molar-refractivity contribution in [1.82, 2.24) is 15.4 Å². The van der Waals surface area contributed by atoms with Crippen LogP contribution in [0.5, 0.6) is 0 Å². The predicted molar refractivity (Wildman–Crippen MR) is 92.7 cm³/mol. The Morgan fingerprint density at radius 2 is 1.77 bits per heavy atom. The summed E-state index contributed by atoms with van der Waals surface area (Å²) in [6.45, 7) is 6.05. The van der Waals surface area contributed by atoms with E-state index in [2.05, 4.69) is 26.1 Å². The molecule has 0 unspecified atom stereocenters. The molecule has 0 aliphatic carbocycles. The SMILES string of the molecule is CC(C)(C)NNc1ncnc(Nc2ccc(Cl)cc2Cl)c1N. The Bertz CT molecular complexity index is 669. The largest absolute Gasteiger partial charge is 0.393 e. The third kappa shape index (κ3) is 4.37. The maximum absolute atomic E-state index is 6.13. The molecule has 22 heavy (non-hydrogen) atoms. The lowest BCUT2D eigenvalue weighted by atomic mass is 10.1. The van der Waals surface area contributed by atoms with E-state index < -0.39 is 0 Å². The lowest BCUT2D eigenvalue weighted by Crippen LogP contribution is -2.40. The summed E-state index contributed by atoms with van der Waals surface area (Å²) in [4.78, 5) is 8.25. The number of anilines is 4. The molecule has 1 aromatic carbocycles. The van der Waals surface area contributed by atoms with Crippen LogP contribution in [-0.2, 0) is 0 Å². The molecule has 0 atom stereocenters. The van der Waals surface area contributed by atoms with Crippen LogP contribution in [0.2, 0.25) is 10.0 Å². The van der Waals surface area contributed by atoms with Crippen molar-refractivity contribution in [3.63, 3.8) is 0 Å². The van der Waals surface area contributed by atoms with E-state index in [-0.39, 0.29) is 5.54 Å². The quantitative estimate of drug-likeness (QED) is 0.632. The molecule has 118 valence electrons. The number of hydrogen-bond acceptors (Lipinski definition) is 6. The standard InChI is InChI=1S/C14H18Cl2N6/c1-14(2,3)22-21-13-11(17)12(18-7-19-13)20-10-5-4-8(15)6-9(10)16/h4-7,22H,17H2,1-3H3,(H2,18,19,20,21). The number of aromatic nitrogens is 2. The van der Waals surface area contributed by atoms with E-state index in [0.717, 1.165) is 0 Å². The molecular weight excluding hydrogens is 323 g/mol. The molecule has 0 aliphatic rings. The zero-order valence-electron chi connectivity index (χ0n) is 12.5. The number of rotatable bonds is 4. The van der Waals surface area contributed by atoms with Gasteiger partial charge in [0.1, 0.15) is 12.0 Å². The maximum Gasteiger partial charge on any atom is 0.169 e. The van der Waals surface area contributed by atoms with Crippen LogP contribution in [-0.4, -0.2) is 15.5 Å². The van der Waals surface area contributed by atoms with Gasteiger partial charge in [0.2, 0.25) is 0 Å². The van der Waals surface area contributed by atoms with Crippen LogP contribution in [0.15, 0.2) is 24.5 Å². The Morgan fingerprint density at radius 1 is 1.09 bits per heavy atom. The van der Waals surface area contributed by atoms with Gasteiger partial charge in [0, 0.05) is 10.6 Å². The van der Waals surface area contributed by atoms with Gasteiger partial charge in [0.25, 0.3) is 0 Å². The van der Waals surface area contributed by atoms with Gasteiger partial charge in [-0.25, -0.2) is 15.4 Å². The van der Waals surface area contributed by atoms with Crippen LogP contribution in [0.25, 0.3) is 0 Å². The fraction of sp³-hybridized carbons (Fsp3) is 0.286. The fourth-order valence-corrected chi connectivity index (χ4v) is 2.02. The molecule has 5 N–H and O–H groups in total. The van der Waals surface area contributed by atoms with Crippen LogP contribution in [0.3, 0.4) is 0 Å². The summed E-state index contributed by atoms with van der Waals surface area (Å²) < 4.78 is 0. The highest BCUT2D eigenvalue weighted by Gasteiger charge is 2.13. The van der Waals surface area contributed by atoms with Crippen molar-refractivity contribution in [3.8, 4) is 0 Å². The van der Waals surface area contributed by atoms with Crippen LogP contribution < -0.4 is 21.9 Å². The molecule has 1 heterocycles. The molecule has 0 spiro atoms. The minimum Gasteiger partial charge on any atom is -0.393 e. The normalized spacial score (nSPS) is 11.3. The van der Waals surface area contributed by atoms with Gasteiger partial charge in [0.05, 0.1) is 10.7 Å². The van der Waals surface area contributed by atoms with E-state index in [9.17, 15) is 0 Å². The Kier molecular flexibility index (Phi) is 4.95. The molecule has 0 saturated heterocycles. The van der Waals surface area contributed by atoms with Gasteiger partial charge < -0.3 is 16.5 Å². The molecule has 0 aliphatic heterocycles. The van der Waals surface area contributed by atoms with Gasteiger partial charge in [-0.15, -0.1) is 0 Å². The first-order valence-corrected chi connectivity index (χ1v) is 7.37. The number of nitrogens with two attached hydrogens (primary N) is 1. The average molecular weight is 341 g/mol. The molecule has 0 bridgehead atoms. The first kappa shape index (κ1) is 16.6. The second-order valence-electron chi connectivity index (χ2n) is 5.73. The van der Waals surface area contributed by atoms with Crippen LogP contribution in [0.1, 0.15) is 20.8 Å². The zero-order valence-corrected chi connectivity index (χ0v) is 14.0. The average Bonchev–Trinajstić information content (AvgIpc) is 2.41. The van der Waals surface area contributed by atoms with Crippen molar-refractivity contribution >= 4 is 46.2 Å². The van der Waals surface area contributed by atoms with E-state index in [0.29, 0.717) is 33.1 Å². The maximum atomic E-state index is 6.13. The number of hydrazine groups is 1. The topological polar surface area (TPSA) is 87.9 Å². The Hall–Kier alpha value is -1.76. The molecule has 0 amide bonds. The summed E-state index contributed by atoms with van der Waals surface area (Å²) in [6, 6.07) is 5.13. The Labute approximate surface area is 139 Å². The van der Waals surface area contributed by atoms with Gasteiger partial charge in [-0.1, -0.05) is 23.2 Å². The summed E-state index contributed by atoms with van der Waals surface area (Å²) in [7, 11) is 0. The predicted octanol–water partition coefficient (Wildman–Crippen LogP) is 3.82. The van der Waals surface area contributed by atoms with E-state index in [4.69, 9.17) is 28.9 Å². The van der Waals surface area contributed by atoms with Crippen molar-refractivity contribution < 1.29 is 0 Å². The molecule has 0 saturated carbocycles. The lowest BCUT2D eigenvalue weighted by Gasteiger charge is -2.22. The Balaban J connectivity index is 2.21.